The second-order valence-electron chi connectivity index (χ2n) is 11.9. The van der Waals surface area contributed by atoms with Gasteiger partial charge >= 0.3 is 0 Å². The Morgan fingerprint density at radius 3 is 2.51 bits per heavy atom. The number of anilines is 1. The second kappa shape index (κ2) is 12.4. The first kappa shape index (κ1) is 28.0. The standard InChI is InChI=1S/C34H42N4O2S/c1-24-14-15-25(2)29(23-24)37-20-18-36(19-21-37)17-8-16-35-33(39)31-27-11-5-6-12-28(27)34(40)38(26-9-3-4-10-26)32(31)30-13-7-22-41-30/h5-7,11-15,22-23,26,31-32H,3-4,8-10,16-21H2,1-2H3,(H,35,39). The van der Waals surface area contributed by atoms with Crippen LogP contribution in [-0.4, -0.2) is 66.9 Å². The lowest BCUT2D eigenvalue weighted by atomic mass is 9.80. The van der Waals surface area contributed by atoms with Gasteiger partial charge in [-0.3, -0.25) is 14.5 Å². The number of carbonyl (C=O) groups excluding carboxylic acids is 2. The number of fused-ring (bicyclic) bond motifs is 1. The summed E-state index contributed by atoms with van der Waals surface area (Å²) < 4.78 is 0. The normalized spacial score (nSPS) is 21.8. The highest BCUT2D eigenvalue weighted by Gasteiger charge is 2.47. The van der Waals surface area contributed by atoms with E-state index in [0.29, 0.717) is 12.1 Å². The van der Waals surface area contributed by atoms with E-state index in [4.69, 9.17) is 0 Å². The summed E-state index contributed by atoms with van der Waals surface area (Å²) in [5, 5.41) is 5.35. The highest BCUT2D eigenvalue weighted by molar-refractivity contribution is 7.10. The van der Waals surface area contributed by atoms with Crippen molar-refractivity contribution in [2.45, 2.75) is 64.0 Å². The smallest absolute Gasteiger partial charge is 0.254 e. The fraction of sp³-hybridized carbons (Fsp3) is 0.471. The van der Waals surface area contributed by atoms with Crippen molar-refractivity contribution in [3.63, 3.8) is 0 Å². The van der Waals surface area contributed by atoms with E-state index in [9.17, 15) is 9.59 Å². The molecule has 2 atom stereocenters. The molecule has 3 heterocycles. The Bertz CT molecular complexity index is 1360. The molecule has 2 aromatic carbocycles. The van der Waals surface area contributed by atoms with Crippen molar-refractivity contribution in [2.24, 2.45) is 0 Å². The van der Waals surface area contributed by atoms with Crippen molar-refractivity contribution in [2.75, 3.05) is 44.2 Å². The molecule has 2 unspecified atom stereocenters. The van der Waals surface area contributed by atoms with Crippen LogP contribution in [0.15, 0.2) is 60.0 Å². The minimum Gasteiger partial charge on any atom is -0.369 e. The topological polar surface area (TPSA) is 55.9 Å². The Balaban J connectivity index is 1.10. The van der Waals surface area contributed by atoms with Crippen molar-refractivity contribution in [3.05, 3.63) is 87.1 Å². The van der Waals surface area contributed by atoms with Gasteiger partial charge in [0.2, 0.25) is 5.91 Å². The number of thiophene rings is 1. The molecule has 3 aliphatic rings. The van der Waals surface area contributed by atoms with Crippen molar-refractivity contribution in [1.82, 2.24) is 15.1 Å². The predicted octanol–water partition coefficient (Wildman–Crippen LogP) is 5.92. The fourth-order valence-corrected chi connectivity index (χ4v) is 7.94. The van der Waals surface area contributed by atoms with E-state index in [1.54, 1.807) is 11.3 Å². The summed E-state index contributed by atoms with van der Waals surface area (Å²) in [4.78, 5) is 36.0. The number of rotatable bonds is 8. The van der Waals surface area contributed by atoms with Gasteiger partial charge in [0.25, 0.3) is 5.91 Å². The lowest BCUT2D eigenvalue weighted by Crippen LogP contribution is -2.51. The number of nitrogens with zero attached hydrogens (tertiary/aromatic N) is 3. The molecule has 216 valence electrons. The van der Waals surface area contributed by atoms with Crippen LogP contribution in [0.25, 0.3) is 0 Å². The second-order valence-corrected chi connectivity index (χ2v) is 12.9. The lowest BCUT2D eigenvalue weighted by Gasteiger charge is -2.44. The number of carbonyl (C=O) groups is 2. The van der Waals surface area contributed by atoms with Gasteiger partial charge in [-0.1, -0.05) is 49.2 Å². The molecule has 1 aromatic heterocycles. The quantitative estimate of drug-likeness (QED) is 0.342. The Labute approximate surface area is 248 Å². The van der Waals surface area contributed by atoms with Gasteiger partial charge in [-0.2, -0.15) is 0 Å². The molecular weight excluding hydrogens is 528 g/mol. The van der Waals surface area contributed by atoms with Crippen molar-refractivity contribution in [1.29, 1.82) is 0 Å². The van der Waals surface area contributed by atoms with Crippen LogP contribution in [0.1, 0.15) is 76.0 Å². The maximum atomic E-state index is 14.0. The van der Waals surface area contributed by atoms with Gasteiger partial charge in [0.15, 0.2) is 0 Å². The summed E-state index contributed by atoms with van der Waals surface area (Å²) in [5.41, 5.74) is 5.56. The molecule has 0 spiro atoms. The first-order chi connectivity index (χ1) is 20.0. The Kier molecular flexibility index (Phi) is 8.45. The van der Waals surface area contributed by atoms with E-state index in [0.717, 1.165) is 75.3 Å². The summed E-state index contributed by atoms with van der Waals surface area (Å²) in [6.07, 6.45) is 5.23. The highest BCUT2D eigenvalue weighted by atomic mass is 32.1. The van der Waals surface area contributed by atoms with Crippen molar-refractivity contribution >= 4 is 28.8 Å². The number of piperazine rings is 1. The molecule has 6 nitrogen and oxygen atoms in total. The van der Waals surface area contributed by atoms with Crippen LogP contribution < -0.4 is 10.2 Å². The monoisotopic (exact) mass is 570 g/mol. The molecular formula is C34H42N4O2S. The van der Waals surface area contributed by atoms with Crippen LogP contribution in [0.4, 0.5) is 5.69 Å². The third kappa shape index (κ3) is 5.80. The van der Waals surface area contributed by atoms with Gasteiger partial charge in [-0.25, -0.2) is 0 Å². The molecule has 2 aliphatic heterocycles. The highest BCUT2D eigenvalue weighted by Crippen LogP contribution is 2.47. The molecule has 0 bridgehead atoms. The maximum Gasteiger partial charge on any atom is 0.254 e. The van der Waals surface area contributed by atoms with E-state index in [1.807, 2.05) is 30.3 Å². The van der Waals surface area contributed by atoms with E-state index >= 15 is 0 Å². The van der Waals surface area contributed by atoms with Crippen LogP contribution in [0.3, 0.4) is 0 Å². The van der Waals surface area contributed by atoms with Gasteiger partial charge in [0.1, 0.15) is 0 Å². The molecule has 41 heavy (non-hydrogen) atoms. The fourth-order valence-electron chi connectivity index (χ4n) is 7.08. The SMILES string of the molecule is Cc1ccc(C)c(N2CCN(CCCNC(=O)C3c4ccccc4C(=O)N(C4CCCC4)C3c3cccs3)CC2)c1. The van der Waals surface area contributed by atoms with Crippen molar-refractivity contribution < 1.29 is 9.59 Å². The Hall–Kier alpha value is -3.16. The first-order valence-corrected chi connectivity index (χ1v) is 16.2. The molecule has 1 saturated heterocycles. The molecule has 1 N–H and O–H groups in total. The van der Waals surface area contributed by atoms with E-state index in [-0.39, 0.29) is 23.9 Å². The molecule has 7 heteroatoms. The zero-order valence-corrected chi connectivity index (χ0v) is 25.2. The summed E-state index contributed by atoms with van der Waals surface area (Å²) >= 11 is 1.65. The number of benzene rings is 2. The molecule has 1 saturated carbocycles. The predicted molar refractivity (Wildman–Crippen MR) is 167 cm³/mol. The van der Waals surface area contributed by atoms with Crippen LogP contribution in [-0.2, 0) is 4.79 Å². The van der Waals surface area contributed by atoms with Crippen LogP contribution in [0.5, 0.6) is 0 Å². The summed E-state index contributed by atoms with van der Waals surface area (Å²) in [5.74, 6) is -0.287. The Morgan fingerprint density at radius 1 is 0.976 bits per heavy atom. The van der Waals surface area contributed by atoms with Gasteiger partial charge in [0, 0.05) is 54.9 Å². The van der Waals surface area contributed by atoms with Crippen LogP contribution >= 0.6 is 11.3 Å². The average molecular weight is 571 g/mol. The van der Waals surface area contributed by atoms with Gasteiger partial charge in [-0.15, -0.1) is 11.3 Å². The maximum absolute atomic E-state index is 14.0. The molecule has 0 radical (unpaired) electrons. The van der Waals surface area contributed by atoms with Crippen LogP contribution in [0.2, 0.25) is 0 Å². The number of hydrogen-bond donors (Lipinski definition) is 1. The number of amides is 2. The van der Waals surface area contributed by atoms with E-state index in [2.05, 4.69) is 63.5 Å². The number of nitrogens with one attached hydrogen (secondary N) is 1. The number of hydrogen-bond acceptors (Lipinski definition) is 5. The minimum absolute atomic E-state index is 0.0334. The first-order valence-electron chi connectivity index (χ1n) is 15.3. The van der Waals surface area contributed by atoms with Gasteiger partial charge < -0.3 is 15.1 Å². The third-order valence-electron chi connectivity index (χ3n) is 9.24. The van der Waals surface area contributed by atoms with E-state index < -0.39 is 5.92 Å². The molecule has 1 aliphatic carbocycles. The summed E-state index contributed by atoms with van der Waals surface area (Å²) in [6.45, 7) is 10.1. The third-order valence-corrected chi connectivity index (χ3v) is 10.2. The Morgan fingerprint density at radius 2 is 1.76 bits per heavy atom. The minimum atomic E-state index is -0.399. The molecule has 2 fully saturated rings. The summed E-state index contributed by atoms with van der Waals surface area (Å²) in [7, 11) is 0. The molecule has 2 amide bonds. The average Bonchev–Trinajstić information content (AvgIpc) is 3.72. The zero-order valence-electron chi connectivity index (χ0n) is 24.4. The van der Waals surface area contributed by atoms with Gasteiger partial charge in [-0.05, 0) is 79.9 Å². The zero-order chi connectivity index (χ0) is 28.3. The van der Waals surface area contributed by atoms with Gasteiger partial charge in [0.05, 0.1) is 12.0 Å². The van der Waals surface area contributed by atoms with Crippen molar-refractivity contribution in [3.8, 4) is 0 Å². The summed E-state index contributed by atoms with van der Waals surface area (Å²) in [6, 6.07) is 18.5. The number of aryl methyl sites for hydroxylation is 2. The van der Waals surface area contributed by atoms with E-state index in [1.165, 1.54) is 16.8 Å². The molecule has 3 aromatic rings. The van der Waals surface area contributed by atoms with Crippen LogP contribution in [0, 0.1) is 13.8 Å². The lowest BCUT2D eigenvalue weighted by molar-refractivity contribution is -0.124. The largest absolute Gasteiger partial charge is 0.369 e. The molecule has 6 rings (SSSR count).